The number of carboxylic acids is 1. The van der Waals surface area contributed by atoms with Crippen LogP contribution in [0.25, 0.3) is 0 Å². The molecule has 2 heterocycles. The van der Waals surface area contributed by atoms with Gasteiger partial charge in [0.15, 0.2) is 5.16 Å². The van der Waals surface area contributed by atoms with E-state index >= 15 is 0 Å². The number of rotatable bonds is 11. The second-order valence-electron chi connectivity index (χ2n) is 7.26. The summed E-state index contributed by atoms with van der Waals surface area (Å²) in [5.41, 5.74) is 1.09. The third kappa shape index (κ3) is 7.52. The number of carbonyl (C=O) groups is 3. The largest absolute Gasteiger partial charge is 0.480 e. The van der Waals surface area contributed by atoms with Gasteiger partial charge in [-0.1, -0.05) is 47.1 Å². The maximum absolute atomic E-state index is 12.6. The molecule has 3 aromatic rings. The monoisotopic (exact) mass is 565 g/mol. The topological polar surface area (TPSA) is 153 Å². The summed E-state index contributed by atoms with van der Waals surface area (Å²) < 4.78 is 0. The number of carbonyl (C=O) groups excluding carboxylic acids is 2. The molecule has 3 rings (SSSR count). The highest BCUT2D eigenvalue weighted by Gasteiger charge is 2.24. The molecule has 0 spiro atoms. The zero-order valence-corrected chi connectivity index (χ0v) is 21.9. The van der Waals surface area contributed by atoms with E-state index in [0.29, 0.717) is 16.4 Å². The molecule has 0 unspecified atom stereocenters. The summed E-state index contributed by atoms with van der Waals surface area (Å²) in [6, 6.07) is 5.37. The summed E-state index contributed by atoms with van der Waals surface area (Å²) in [5, 5.41) is 15.8. The molecule has 0 bridgehead atoms. The number of amides is 1. The molecule has 37 heavy (non-hydrogen) atoms. The van der Waals surface area contributed by atoms with E-state index in [4.69, 9.17) is 23.2 Å². The first kappa shape index (κ1) is 28.1. The van der Waals surface area contributed by atoms with E-state index in [-0.39, 0.29) is 40.0 Å². The Morgan fingerprint density at radius 2 is 1.78 bits per heavy atom. The van der Waals surface area contributed by atoms with Crippen molar-refractivity contribution in [2.45, 2.75) is 24.5 Å². The van der Waals surface area contributed by atoms with Crippen molar-refractivity contribution in [3.63, 3.8) is 0 Å². The van der Waals surface area contributed by atoms with Crippen LogP contribution in [-0.4, -0.2) is 56.8 Å². The average molecular weight is 566 g/mol. The Labute approximate surface area is 225 Å². The van der Waals surface area contributed by atoms with Crippen molar-refractivity contribution in [3.8, 4) is 0 Å². The fraction of sp³-hybridized carbons (Fsp3) is 0.217. The molecule has 1 atom stereocenters. The number of anilines is 2. The van der Waals surface area contributed by atoms with E-state index in [0.717, 1.165) is 0 Å². The van der Waals surface area contributed by atoms with Gasteiger partial charge in [-0.05, 0) is 30.9 Å². The van der Waals surface area contributed by atoms with Crippen molar-refractivity contribution in [2.24, 2.45) is 0 Å². The number of nitrogens with one attached hydrogen (secondary N) is 2. The number of nitrogens with zero attached hydrogens (tertiary/aromatic N) is 3. The van der Waals surface area contributed by atoms with Crippen LogP contribution in [0.15, 0.2) is 48.0 Å². The molecule has 0 saturated heterocycles. The molecule has 194 valence electrons. The molecule has 0 saturated carbocycles. The van der Waals surface area contributed by atoms with E-state index < -0.39 is 23.9 Å². The predicted octanol–water partition coefficient (Wildman–Crippen LogP) is 4.37. The van der Waals surface area contributed by atoms with Gasteiger partial charge in [0.2, 0.25) is 0 Å². The number of carboxylic acid groups (broad SMARTS) is 1. The van der Waals surface area contributed by atoms with Gasteiger partial charge in [0.1, 0.15) is 17.4 Å². The van der Waals surface area contributed by atoms with Crippen LogP contribution >= 0.6 is 35.0 Å². The average Bonchev–Trinajstić information content (AvgIpc) is 2.87. The molecule has 14 heteroatoms. The molecular weight excluding hydrogens is 545 g/mol. The van der Waals surface area contributed by atoms with Crippen molar-refractivity contribution >= 4 is 64.3 Å². The minimum atomic E-state index is -1.17. The van der Waals surface area contributed by atoms with Crippen LogP contribution in [0.5, 0.6) is 0 Å². The number of aromatic nitrogens is 3. The molecule has 0 aliphatic carbocycles. The van der Waals surface area contributed by atoms with Crippen LogP contribution in [0, 0.1) is 0 Å². The Bertz CT molecular complexity index is 1270. The predicted molar refractivity (Wildman–Crippen MR) is 138 cm³/mol. The van der Waals surface area contributed by atoms with Crippen molar-refractivity contribution in [3.05, 3.63) is 69.6 Å². The Morgan fingerprint density at radius 1 is 1.11 bits per heavy atom. The third-order valence-electron chi connectivity index (χ3n) is 4.76. The molecule has 0 radical (unpaired) electrons. The van der Waals surface area contributed by atoms with Crippen molar-refractivity contribution in [2.75, 3.05) is 23.5 Å². The second-order valence-corrected chi connectivity index (χ2v) is 8.85. The van der Waals surface area contributed by atoms with Crippen molar-refractivity contribution < 1.29 is 29.3 Å². The van der Waals surface area contributed by atoms with Gasteiger partial charge < -0.3 is 15.7 Å². The maximum atomic E-state index is 12.6. The first-order valence-electron chi connectivity index (χ1n) is 10.7. The molecular formula is C23H21Cl2N5O6S. The lowest BCUT2D eigenvalue weighted by Gasteiger charge is -2.17. The molecule has 0 aliphatic heterocycles. The first-order valence-corrected chi connectivity index (χ1v) is 12.6. The van der Waals surface area contributed by atoms with Crippen molar-refractivity contribution in [1.29, 1.82) is 0 Å². The fourth-order valence-corrected chi connectivity index (χ4v) is 3.90. The Balaban J connectivity index is 1.75. The van der Waals surface area contributed by atoms with Crippen LogP contribution in [0.3, 0.4) is 0 Å². The number of thioether (sulfide) groups is 1. The summed E-state index contributed by atoms with van der Waals surface area (Å²) >= 11 is 13.3. The molecule has 2 aromatic heterocycles. The van der Waals surface area contributed by atoms with Crippen molar-refractivity contribution in [1.82, 2.24) is 15.0 Å². The Hall–Kier alpha value is -3.45. The van der Waals surface area contributed by atoms with Gasteiger partial charge in [0.25, 0.3) is 5.91 Å². The van der Waals surface area contributed by atoms with Crippen LogP contribution in [0.4, 0.5) is 11.5 Å². The number of aliphatic carboxylic acids is 1. The van der Waals surface area contributed by atoms with E-state index in [1.807, 2.05) is 0 Å². The number of hydrogen-bond donors (Lipinski definition) is 3. The van der Waals surface area contributed by atoms with Gasteiger partial charge in [-0.15, -0.1) is 0 Å². The Morgan fingerprint density at radius 3 is 2.38 bits per heavy atom. The summed E-state index contributed by atoms with van der Waals surface area (Å²) in [7, 11) is 0. The first-order chi connectivity index (χ1) is 17.7. The number of halogens is 2. The van der Waals surface area contributed by atoms with Gasteiger partial charge in [-0.3, -0.25) is 14.7 Å². The maximum Gasteiger partial charge on any atom is 0.378 e. The standard InChI is InChI=1S/C23H21Cl2N5O6S/c1-3-35-36-22(34)14-9-27-23(37-2)30-19(14)29-17(21(32)33)8-12-4-6-13(7-5-12)28-20(31)18-15(24)10-26-11-16(18)25/h4-7,9-11,17H,3,8H2,1-2H3,(H,28,31)(H,32,33)(H,27,29,30)/t17-/m0/s1. The quantitative estimate of drug-likeness (QED) is 0.131. The van der Waals surface area contributed by atoms with E-state index in [1.54, 1.807) is 37.4 Å². The van der Waals surface area contributed by atoms with Crippen LogP contribution in [-0.2, 0) is 21.0 Å². The summed E-state index contributed by atoms with van der Waals surface area (Å²) in [5.74, 6) is -2.56. The van der Waals surface area contributed by atoms with Gasteiger partial charge >= 0.3 is 11.9 Å². The fourth-order valence-electron chi connectivity index (χ4n) is 3.03. The number of hydrogen-bond acceptors (Lipinski definition) is 10. The smallest absolute Gasteiger partial charge is 0.378 e. The zero-order valence-electron chi connectivity index (χ0n) is 19.5. The van der Waals surface area contributed by atoms with E-state index in [2.05, 4.69) is 35.4 Å². The number of benzene rings is 1. The Kier molecular flexibility index (Phi) is 10.0. The molecule has 1 aromatic carbocycles. The SMILES string of the molecule is CCOOC(=O)c1cnc(SC)nc1N[C@@H](Cc1ccc(NC(=O)c2c(Cl)cncc2Cl)cc1)C(=O)O. The summed E-state index contributed by atoms with van der Waals surface area (Å²) in [6.45, 7) is 1.77. The second kappa shape index (κ2) is 13.2. The highest BCUT2D eigenvalue weighted by molar-refractivity contribution is 7.98. The van der Waals surface area contributed by atoms with E-state index in [1.165, 1.54) is 30.4 Å². The lowest BCUT2D eigenvalue weighted by Crippen LogP contribution is -2.33. The third-order valence-corrected chi connectivity index (χ3v) is 5.90. The van der Waals surface area contributed by atoms with E-state index in [9.17, 15) is 19.5 Å². The van der Waals surface area contributed by atoms with Gasteiger partial charge in [0.05, 0.1) is 22.2 Å². The van der Waals surface area contributed by atoms with Crippen LogP contribution in [0.2, 0.25) is 10.0 Å². The molecule has 3 N–H and O–H groups in total. The van der Waals surface area contributed by atoms with Gasteiger partial charge in [-0.2, -0.15) is 4.89 Å². The van der Waals surface area contributed by atoms with Crippen LogP contribution in [0.1, 0.15) is 33.2 Å². The normalized spacial score (nSPS) is 11.5. The van der Waals surface area contributed by atoms with Crippen LogP contribution < -0.4 is 10.6 Å². The molecule has 11 nitrogen and oxygen atoms in total. The summed E-state index contributed by atoms with van der Waals surface area (Å²) in [6.07, 6.45) is 5.63. The zero-order chi connectivity index (χ0) is 26.9. The minimum absolute atomic E-state index is 0.00792. The minimum Gasteiger partial charge on any atom is -0.480 e. The lowest BCUT2D eigenvalue weighted by atomic mass is 10.1. The van der Waals surface area contributed by atoms with Gasteiger partial charge in [-0.25, -0.2) is 19.6 Å². The highest BCUT2D eigenvalue weighted by atomic mass is 35.5. The molecule has 0 aliphatic rings. The number of pyridine rings is 1. The lowest BCUT2D eigenvalue weighted by molar-refractivity contribution is -0.236. The molecule has 1 amide bonds. The highest BCUT2D eigenvalue weighted by Crippen LogP contribution is 2.25. The summed E-state index contributed by atoms with van der Waals surface area (Å²) in [4.78, 5) is 58.3. The van der Waals surface area contributed by atoms with Gasteiger partial charge in [0, 0.05) is 30.7 Å². The molecule has 0 fully saturated rings.